The molecule has 1 aliphatic rings. The van der Waals surface area contributed by atoms with Crippen LogP contribution in [-0.2, 0) is 13.0 Å². The second kappa shape index (κ2) is 7.23. The Bertz CT molecular complexity index is 779. The molecule has 0 saturated carbocycles. The third-order valence-corrected chi connectivity index (χ3v) is 3.96. The van der Waals surface area contributed by atoms with E-state index < -0.39 is 0 Å². The number of aromatic nitrogens is 3. The Labute approximate surface area is 151 Å². The van der Waals surface area contributed by atoms with Gasteiger partial charge in [-0.15, -0.1) is 0 Å². The van der Waals surface area contributed by atoms with Gasteiger partial charge in [-0.2, -0.15) is 4.98 Å². The van der Waals surface area contributed by atoms with Crippen LogP contribution in [0.3, 0.4) is 0 Å². The molecule has 2 amide bonds. The van der Waals surface area contributed by atoms with Crippen LogP contribution in [0.1, 0.15) is 30.8 Å². The van der Waals surface area contributed by atoms with E-state index in [1.165, 1.54) is 0 Å². The van der Waals surface area contributed by atoms with Crippen molar-refractivity contribution in [3.63, 3.8) is 0 Å². The molecular weight excluding hydrogens is 342 g/mol. The first-order valence-corrected chi connectivity index (χ1v) is 8.50. The maximum absolute atomic E-state index is 12.5. The van der Waals surface area contributed by atoms with Gasteiger partial charge in [0, 0.05) is 18.7 Å². The van der Waals surface area contributed by atoms with Gasteiger partial charge in [0.25, 0.3) is 0 Å². The summed E-state index contributed by atoms with van der Waals surface area (Å²) < 4.78 is 5.75. The fourth-order valence-electron chi connectivity index (χ4n) is 2.59. The van der Waals surface area contributed by atoms with E-state index in [-0.39, 0.29) is 17.4 Å². The SMILES string of the molecule is Cc1ccc(NC(=O)N2CCc3nc(Cl)nc(OC(C)C)c3C2)cn1. The molecule has 132 valence electrons. The zero-order valence-electron chi connectivity index (χ0n) is 14.4. The first-order chi connectivity index (χ1) is 11.9. The van der Waals surface area contributed by atoms with Crippen LogP contribution in [0, 0.1) is 6.92 Å². The number of halogens is 1. The number of carbonyl (C=O) groups is 1. The number of rotatable bonds is 3. The number of amides is 2. The van der Waals surface area contributed by atoms with Gasteiger partial charge in [-0.3, -0.25) is 4.98 Å². The second-order valence-corrected chi connectivity index (χ2v) is 6.52. The topological polar surface area (TPSA) is 80.2 Å². The average molecular weight is 362 g/mol. The number of fused-ring (bicyclic) bond motifs is 1. The summed E-state index contributed by atoms with van der Waals surface area (Å²) in [6.07, 6.45) is 2.20. The van der Waals surface area contributed by atoms with Crippen LogP contribution in [-0.4, -0.2) is 38.5 Å². The first-order valence-electron chi connectivity index (χ1n) is 8.13. The van der Waals surface area contributed by atoms with Gasteiger partial charge in [0.2, 0.25) is 11.2 Å². The Balaban J connectivity index is 1.77. The summed E-state index contributed by atoms with van der Waals surface area (Å²) in [4.78, 5) is 26.9. The van der Waals surface area contributed by atoms with Crippen LogP contribution in [0.2, 0.25) is 5.28 Å². The summed E-state index contributed by atoms with van der Waals surface area (Å²) in [7, 11) is 0. The summed E-state index contributed by atoms with van der Waals surface area (Å²) in [5.74, 6) is 0.444. The number of hydrogen-bond acceptors (Lipinski definition) is 5. The van der Waals surface area contributed by atoms with E-state index in [1.807, 2.05) is 32.9 Å². The summed E-state index contributed by atoms with van der Waals surface area (Å²) in [5, 5.41) is 3.02. The van der Waals surface area contributed by atoms with Crippen molar-refractivity contribution in [3.05, 3.63) is 40.6 Å². The summed E-state index contributed by atoms with van der Waals surface area (Å²) in [5.41, 5.74) is 3.19. The van der Waals surface area contributed by atoms with Crippen LogP contribution >= 0.6 is 11.6 Å². The zero-order valence-corrected chi connectivity index (χ0v) is 15.2. The number of carbonyl (C=O) groups excluding carboxylic acids is 1. The number of nitrogens with zero attached hydrogens (tertiary/aromatic N) is 4. The smallest absolute Gasteiger partial charge is 0.322 e. The van der Waals surface area contributed by atoms with Gasteiger partial charge in [-0.25, -0.2) is 9.78 Å². The van der Waals surface area contributed by atoms with Crippen molar-refractivity contribution in [2.24, 2.45) is 0 Å². The average Bonchev–Trinajstić information content (AvgIpc) is 2.56. The Morgan fingerprint density at radius 3 is 2.84 bits per heavy atom. The highest BCUT2D eigenvalue weighted by atomic mass is 35.5. The van der Waals surface area contributed by atoms with Crippen LogP contribution < -0.4 is 10.1 Å². The van der Waals surface area contributed by atoms with Crippen molar-refractivity contribution >= 4 is 23.3 Å². The Hall–Kier alpha value is -2.41. The quantitative estimate of drug-likeness (QED) is 0.849. The van der Waals surface area contributed by atoms with Crippen molar-refractivity contribution in [2.45, 2.75) is 39.8 Å². The van der Waals surface area contributed by atoms with Gasteiger partial charge in [0.05, 0.1) is 35.8 Å². The lowest BCUT2D eigenvalue weighted by atomic mass is 10.1. The fourth-order valence-corrected chi connectivity index (χ4v) is 2.77. The van der Waals surface area contributed by atoms with Gasteiger partial charge in [0.15, 0.2) is 0 Å². The molecule has 0 spiro atoms. The minimum atomic E-state index is -0.193. The third-order valence-electron chi connectivity index (χ3n) is 3.79. The normalized spacial score (nSPS) is 13.6. The minimum absolute atomic E-state index is 0.0436. The molecule has 3 heterocycles. The summed E-state index contributed by atoms with van der Waals surface area (Å²) >= 11 is 5.98. The van der Waals surface area contributed by atoms with E-state index in [4.69, 9.17) is 16.3 Å². The van der Waals surface area contributed by atoms with Crippen molar-refractivity contribution in [3.8, 4) is 5.88 Å². The van der Waals surface area contributed by atoms with Gasteiger partial charge in [-0.05, 0) is 44.5 Å². The number of anilines is 1. The van der Waals surface area contributed by atoms with Gasteiger partial charge in [0.1, 0.15) is 0 Å². The summed E-state index contributed by atoms with van der Waals surface area (Å²) in [6, 6.07) is 3.49. The maximum atomic E-state index is 12.5. The lowest BCUT2D eigenvalue weighted by Crippen LogP contribution is -2.39. The van der Waals surface area contributed by atoms with Crippen molar-refractivity contribution < 1.29 is 9.53 Å². The van der Waals surface area contributed by atoms with Crippen molar-refractivity contribution in [1.82, 2.24) is 19.9 Å². The van der Waals surface area contributed by atoms with E-state index in [0.29, 0.717) is 31.1 Å². The van der Waals surface area contributed by atoms with Gasteiger partial charge < -0.3 is 15.0 Å². The monoisotopic (exact) mass is 361 g/mol. The lowest BCUT2D eigenvalue weighted by molar-refractivity contribution is 0.198. The number of nitrogens with one attached hydrogen (secondary N) is 1. The van der Waals surface area contributed by atoms with E-state index in [2.05, 4.69) is 20.3 Å². The number of hydrogen-bond donors (Lipinski definition) is 1. The number of aryl methyl sites for hydroxylation is 1. The first kappa shape index (κ1) is 17.4. The predicted molar refractivity (Wildman–Crippen MR) is 94.9 cm³/mol. The third kappa shape index (κ3) is 4.17. The highest BCUT2D eigenvalue weighted by molar-refractivity contribution is 6.28. The number of urea groups is 1. The number of pyridine rings is 1. The number of ether oxygens (including phenoxy) is 1. The summed E-state index contributed by atoms with van der Waals surface area (Å²) in [6.45, 7) is 6.65. The Morgan fingerprint density at radius 1 is 1.36 bits per heavy atom. The molecule has 0 saturated heterocycles. The highest BCUT2D eigenvalue weighted by Gasteiger charge is 2.26. The van der Waals surface area contributed by atoms with Gasteiger partial charge >= 0.3 is 6.03 Å². The van der Waals surface area contributed by atoms with Gasteiger partial charge in [-0.1, -0.05) is 0 Å². The van der Waals surface area contributed by atoms with E-state index >= 15 is 0 Å². The molecule has 7 nitrogen and oxygen atoms in total. The highest BCUT2D eigenvalue weighted by Crippen LogP contribution is 2.28. The zero-order chi connectivity index (χ0) is 18.0. The Morgan fingerprint density at radius 2 is 2.16 bits per heavy atom. The molecule has 0 atom stereocenters. The molecule has 2 aromatic rings. The molecule has 0 aromatic carbocycles. The molecule has 25 heavy (non-hydrogen) atoms. The molecule has 0 bridgehead atoms. The largest absolute Gasteiger partial charge is 0.475 e. The minimum Gasteiger partial charge on any atom is -0.475 e. The molecule has 0 fully saturated rings. The van der Waals surface area contributed by atoms with E-state index in [0.717, 1.165) is 17.0 Å². The lowest BCUT2D eigenvalue weighted by Gasteiger charge is -2.29. The molecule has 2 aromatic heterocycles. The van der Waals surface area contributed by atoms with Crippen molar-refractivity contribution in [2.75, 3.05) is 11.9 Å². The fraction of sp³-hybridized carbons (Fsp3) is 0.412. The molecule has 1 N–H and O–H groups in total. The molecule has 3 rings (SSSR count). The standard InChI is InChI=1S/C17H20ClN5O2/c1-10(2)25-15-13-9-23(7-6-14(13)21-16(18)22-15)17(24)20-12-5-4-11(3)19-8-12/h4-5,8,10H,6-7,9H2,1-3H3,(H,20,24). The molecule has 0 aliphatic carbocycles. The van der Waals surface area contributed by atoms with Crippen LogP contribution in [0.25, 0.3) is 0 Å². The molecule has 0 radical (unpaired) electrons. The molecule has 0 unspecified atom stereocenters. The van der Waals surface area contributed by atoms with Crippen LogP contribution in [0.15, 0.2) is 18.3 Å². The molecular formula is C17H20ClN5O2. The van der Waals surface area contributed by atoms with Crippen LogP contribution in [0.5, 0.6) is 5.88 Å². The predicted octanol–water partition coefficient (Wildman–Crippen LogP) is 3.21. The Kier molecular flexibility index (Phi) is 5.03. The van der Waals surface area contributed by atoms with E-state index in [1.54, 1.807) is 11.1 Å². The van der Waals surface area contributed by atoms with Crippen LogP contribution in [0.4, 0.5) is 10.5 Å². The second-order valence-electron chi connectivity index (χ2n) is 6.18. The molecule has 8 heteroatoms. The maximum Gasteiger partial charge on any atom is 0.322 e. The molecule has 1 aliphatic heterocycles. The van der Waals surface area contributed by atoms with E-state index in [9.17, 15) is 4.79 Å². The van der Waals surface area contributed by atoms with Crippen molar-refractivity contribution in [1.29, 1.82) is 0 Å².